The van der Waals surface area contributed by atoms with Crippen LogP contribution in [0.1, 0.15) is 37.9 Å². The highest BCUT2D eigenvalue weighted by Gasteiger charge is 2.39. The second-order valence-corrected chi connectivity index (χ2v) is 7.27. The van der Waals surface area contributed by atoms with Gasteiger partial charge in [-0.25, -0.2) is 4.98 Å². The molecule has 126 valence electrons. The van der Waals surface area contributed by atoms with E-state index in [9.17, 15) is 9.59 Å². The van der Waals surface area contributed by atoms with Crippen molar-refractivity contribution in [3.05, 3.63) is 40.4 Å². The van der Waals surface area contributed by atoms with Crippen molar-refractivity contribution in [2.24, 2.45) is 17.8 Å². The minimum absolute atomic E-state index is 0.0496. The van der Waals surface area contributed by atoms with Gasteiger partial charge in [0.25, 0.3) is 5.56 Å². The van der Waals surface area contributed by atoms with Crippen molar-refractivity contribution >= 4 is 16.8 Å². The van der Waals surface area contributed by atoms with Crippen LogP contribution < -0.4 is 10.9 Å². The standard InChI is InChI=1S/C19H23N3O2/c23-18(20-11-14-10-12-5-6-13(14)9-12)8-7-17-21-16-4-2-1-3-15(16)19(24)22-17/h1-4,12-14H,5-11H2,(H,20,23)(H,21,22,24). The van der Waals surface area contributed by atoms with Gasteiger partial charge in [-0.15, -0.1) is 0 Å². The molecule has 24 heavy (non-hydrogen) atoms. The van der Waals surface area contributed by atoms with Crippen molar-refractivity contribution in [1.82, 2.24) is 15.3 Å². The first-order chi connectivity index (χ1) is 11.7. The van der Waals surface area contributed by atoms with Gasteiger partial charge in [-0.05, 0) is 49.1 Å². The van der Waals surface area contributed by atoms with Crippen molar-refractivity contribution in [2.75, 3.05) is 6.54 Å². The number of aromatic nitrogens is 2. The lowest BCUT2D eigenvalue weighted by Gasteiger charge is -2.21. The monoisotopic (exact) mass is 325 g/mol. The molecule has 2 bridgehead atoms. The summed E-state index contributed by atoms with van der Waals surface area (Å²) in [7, 11) is 0. The van der Waals surface area contributed by atoms with Crippen LogP contribution in [-0.2, 0) is 11.2 Å². The van der Waals surface area contributed by atoms with Gasteiger partial charge in [0, 0.05) is 19.4 Å². The summed E-state index contributed by atoms with van der Waals surface area (Å²) in [6.45, 7) is 0.807. The normalized spacial score (nSPS) is 25.2. The minimum atomic E-state index is -0.141. The van der Waals surface area contributed by atoms with Crippen LogP contribution in [0.5, 0.6) is 0 Å². The van der Waals surface area contributed by atoms with Crippen molar-refractivity contribution < 1.29 is 4.79 Å². The average Bonchev–Trinajstić information content (AvgIpc) is 3.21. The molecule has 1 heterocycles. The largest absolute Gasteiger partial charge is 0.356 e. The van der Waals surface area contributed by atoms with Gasteiger partial charge in [-0.3, -0.25) is 9.59 Å². The van der Waals surface area contributed by atoms with Gasteiger partial charge in [0.2, 0.25) is 5.91 Å². The second kappa shape index (κ2) is 6.38. The fourth-order valence-electron chi connectivity index (χ4n) is 4.44. The van der Waals surface area contributed by atoms with Crippen molar-refractivity contribution in [1.29, 1.82) is 0 Å². The molecule has 2 fully saturated rings. The zero-order valence-electron chi connectivity index (χ0n) is 13.8. The van der Waals surface area contributed by atoms with Gasteiger partial charge in [0.1, 0.15) is 5.82 Å². The van der Waals surface area contributed by atoms with Crippen molar-refractivity contribution in [2.45, 2.75) is 38.5 Å². The van der Waals surface area contributed by atoms with Crippen LogP contribution in [0.2, 0.25) is 0 Å². The molecule has 0 saturated heterocycles. The maximum Gasteiger partial charge on any atom is 0.258 e. The Balaban J connectivity index is 1.31. The lowest BCUT2D eigenvalue weighted by atomic mass is 9.89. The van der Waals surface area contributed by atoms with E-state index in [0.29, 0.717) is 35.5 Å². The van der Waals surface area contributed by atoms with Crippen molar-refractivity contribution in [3.63, 3.8) is 0 Å². The summed E-state index contributed by atoms with van der Waals surface area (Å²) in [5.41, 5.74) is 0.539. The third kappa shape index (κ3) is 3.07. The van der Waals surface area contributed by atoms with E-state index in [1.54, 1.807) is 6.07 Å². The van der Waals surface area contributed by atoms with Crippen LogP contribution in [0.4, 0.5) is 0 Å². The van der Waals surface area contributed by atoms with Crippen molar-refractivity contribution in [3.8, 4) is 0 Å². The predicted octanol–water partition coefficient (Wildman–Crippen LogP) is 2.41. The zero-order chi connectivity index (χ0) is 16.5. The summed E-state index contributed by atoms with van der Waals surface area (Å²) in [6, 6.07) is 7.26. The Labute approximate surface area is 140 Å². The van der Waals surface area contributed by atoms with Gasteiger partial charge in [-0.2, -0.15) is 0 Å². The van der Waals surface area contributed by atoms with E-state index in [1.807, 2.05) is 18.2 Å². The molecule has 0 spiro atoms. The molecule has 3 unspecified atom stereocenters. The number of nitrogens with one attached hydrogen (secondary N) is 2. The summed E-state index contributed by atoms with van der Waals surface area (Å²) in [5, 5.41) is 3.66. The molecule has 1 aromatic heterocycles. The van der Waals surface area contributed by atoms with Crippen LogP contribution >= 0.6 is 0 Å². The molecule has 2 saturated carbocycles. The minimum Gasteiger partial charge on any atom is -0.356 e. The summed E-state index contributed by atoms with van der Waals surface area (Å²) >= 11 is 0. The predicted molar refractivity (Wildman–Crippen MR) is 92.6 cm³/mol. The van der Waals surface area contributed by atoms with E-state index in [-0.39, 0.29) is 11.5 Å². The molecule has 5 nitrogen and oxygen atoms in total. The second-order valence-electron chi connectivity index (χ2n) is 7.27. The molecule has 2 aromatic rings. The molecule has 1 aromatic carbocycles. The Bertz CT molecular complexity index is 814. The fourth-order valence-corrected chi connectivity index (χ4v) is 4.44. The van der Waals surface area contributed by atoms with Gasteiger partial charge < -0.3 is 10.3 Å². The highest BCUT2D eigenvalue weighted by atomic mass is 16.1. The first kappa shape index (κ1) is 15.4. The molecular formula is C19H23N3O2. The topological polar surface area (TPSA) is 74.8 Å². The third-order valence-corrected chi connectivity index (χ3v) is 5.70. The number of carbonyl (C=O) groups is 1. The number of H-pyrrole nitrogens is 1. The summed E-state index contributed by atoms with van der Waals surface area (Å²) in [4.78, 5) is 31.3. The van der Waals surface area contributed by atoms with Crippen LogP contribution in [0, 0.1) is 17.8 Å². The summed E-state index contributed by atoms with van der Waals surface area (Å²) < 4.78 is 0. The van der Waals surface area contributed by atoms with E-state index in [0.717, 1.165) is 18.4 Å². The van der Waals surface area contributed by atoms with E-state index in [1.165, 1.54) is 25.7 Å². The smallest absolute Gasteiger partial charge is 0.258 e. The number of amides is 1. The van der Waals surface area contributed by atoms with Crippen LogP contribution in [0.3, 0.4) is 0 Å². The van der Waals surface area contributed by atoms with E-state index >= 15 is 0 Å². The van der Waals surface area contributed by atoms with Gasteiger partial charge >= 0.3 is 0 Å². The molecule has 2 N–H and O–H groups in total. The number of hydrogen-bond acceptors (Lipinski definition) is 3. The molecule has 2 aliphatic rings. The number of para-hydroxylation sites is 1. The van der Waals surface area contributed by atoms with Gasteiger partial charge in [-0.1, -0.05) is 18.6 Å². The summed E-state index contributed by atoms with van der Waals surface area (Å²) in [6.07, 6.45) is 6.20. The number of carbonyl (C=O) groups excluding carboxylic acids is 1. The molecular weight excluding hydrogens is 302 g/mol. The molecule has 4 rings (SSSR count). The SMILES string of the molecule is O=C(CCc1nc2ccccc2c(=O)[nH]1)NCC1CC2CCC1C2. The van der Waals surface area contributed by atoms with E-state index < -0.39 is 0 Å². The number of fused-ring (bicyclic) bond motifs is 3. The van der Waals surface area contributed by atoms with Gasteiger partial charge in [0.15, 0.2) is 0 Å². The first-order valence-corrected chi connectivity index (χ1v) is 8.93. The zero-order valence-corrected chi connectivity index (χ0v) is 13.8. The molecule has 0 radical (unpaired) electrons. The van der Waals surface area contributed by atoms with Crippen LogP contribution in [-0.4, -0.2) is 22.4 Å². The molecule has 5 heteroatoms. The Kier molecular flexibility index (Phi) is 4.08. The number of aromatic amines is 1. The number of nitrogens with zero attached hydrogens (tertiary/aromatic N) is 1. The average molecular weight is 325 g/mol. The quantitative estimate of drug-likeness (QED) is 0.886. The Morgan fingerprint density at radius 2 is 2.12 bits per heavy atom. The van der Waals surface area contributed by atoms with Crippen LogP contribution in [0.15, 0.2) is 29.1 Å². The lowest BCUT2D eigenvalue weighted by molar-refractivity contribution is -0.121. The molecule has 0 aliphatic heterocycles. The van der Waals surface area contributed by atoms with Crippen LogP contribution in [0.25, 0.3) is 10.9 Å². The number of aryl methyl sites for hydroxylation is 1. The Morgan fingerprint density at radius 1 is 1.25 bits per heavy atom. The molecule has 2 aliphatic carbocycles. The van der Waals surface area contributed by atoms with E-state index in [2.05, 4.69) is 15.3 Å². The summed E-state index contributed by atoms with van der Waals surface area (Å²) in [5.74, 6) is 3.03. The number of rotatable bonds is 5. The fraction of sp³-hybridized carbons (Fsp3) is 0.526. The Hall–Kier alpha value is -2.17. The molecule has 3 atom stereocenters. The lowest BCUT2D eigenvalue weighted by Crippen LogP contribution is -2.31. The molecule has 1 amide bonds. The number of hydrogen-bond donors (Lipinski definition) is 2. The Morgan fingerprint density at radius 3 is 2.92 bits per heavy atom. The highest BCUT2D eigenvalue weighted by molar-refractivity contribution is 5.78. The van der Waals surface area contributed by atoms with Gasteiger partial charge in [0.05, 0.1) is 10.9 Å². The third-order valence-electron chi connectivity index (χ3n) is 5.70. The van der Waals surface area contributed by atoms with E-state index in [4.69, 9.17) is 0 Å². The maximum absolute atomic E-state index is 12.1. The first-order valence-electron chi connectivity index (χ1n) is 8.93. The maximum atomic E-state index is 12.1. The highest BCUT2D eigenvalue weighted by Crippen LogP contribution is 2.47. The number of benzene rings is 1.